The topological polar surface area (TPSA) is 71.7 Å². The molecule has 3 rings (SSSR count). The molecule has 23 heavy (non-hydrogen) atoms. The second kappa shape index (κ2) is 6.04. The third-order valence-electron chi connectivity index (χ3n) is 3.82. The van der Waals surface area contributed by atoms with Gasteiger partial charge in [-0.1, -0.05) is 18.2 Å². The lowest BCUT2D eigenvalue weighted by Gasteiger charge is -2.10. The summed E-state index contributed by atoms with van der Waals surface area (Å²) in [5, 5.41) is 19.8. The van der Waals surface area contributed by atoms with E-state index in [2.05, 4.69) is 0 Å². The third kappa shape index (κ3) is 2.73. The molecular weight excluding hydrogens is 294 g/mol. The summed E-state index contributed by atoms with van der Waals surface area (Å²) in [5.41, 5.74) is 2.00. The van der Waals surface area contributed by atoms with Crippen LogP contribution in [0.1, 0.15) is 23.0 Å². The summed E-state index contributed by atoms with van der Waals surface area (Å²) in [5.74, 6) is -0.464. The monoisotopic (exact) mass is 311 g/mol. The van der Waals surface area contributed by atoms with Gasteiger partial charge in [0.1, 0.15) is 6.61 Å². The van der Waals surface area contributed by atoms with Crippen molar-refractivity contribution in [2.75, 3.05) is 0 Å². The maximum Gasteiger partial charge on any atom is 0.336 e. The summed E-state index contributed by atoms with van der Waals surface area (Å²) in [4.78, 5) is 11.4. The van der Waals surface area contributed by atoms with E-state index >= 15 is 0 Å². The lowest BCUT2D eigenvalue weighted by Crippen LogP contribution is -2.04. The van der Waals surface area contributed by atoms with Gasteiger partial charge in [-0.2, -0.15) is 0 Å². The van der Waals surface area contributed by atoms with Gasteiger partial charge in [-0.25, -0.2) is 4.79 Å². The van der Waals surface area contributed by atoms with Crippen molar-refractivity contribution in [1.29, 1.82) is 0 Å². The number of nitrogens with zero attached hydrogens (tertiary/aromatic N) is 1. The van der Waals surface area contributed by atoms with Crippen LogP contribution in [-0.2, 0) is 13.2 Å². The maximum absolute atomic E-state index is 11.4. The molecule has 0 spiro atoms. The van der Waals surface area contributed by atoms with Crippen molar-refractivity contribution < 1.29 is 19.7 Å². The van der Waals surface area contributed by atoms with Crippen molar-refractivity contribution in [2.24, 2.45) is 0 Å². The predicted molar refractivity (Wildman–Crippen MR) is 87.0 cm³/mol. The fraction of sp³-hybridized carbons (Fsp3) is 0.167. The number of aromatic hydroxyl groups is 1. The molecule has 1 aromatic heterocycles. The van der Waals surface area contributed by atoms with Crippen LogP contribution < -0.4 is 4.74 Å². The smallest absolute Gasteiger partial charge is 0.336 e. The van der Waals surface area contributed by atoms with Crippen LogP contribution in [0.4, 0.5) is 0 Å². The zero-order valence-corrected chi connectivity index (χ0v) is 12.7. The Bertz CT molecular complexity index is 867. The van der Waals surface area contributed by atoms with Gasteiger partial charge in [0.05, 0.1) is 11.3 Å². The number of phenols is 1. The minimum atomic E-state index is -0.947. The Hall–Kier alpha value is -2.95. The van der Waals surface area contributed by atoms with Crippen LogP contribution in [0.15, 0.2) is 48.5 Å². The highest BCUT2D eigenvalue weighted by Gasteiger charge is 2.15. The molecule has 3 aromatic rings. The van der Waals surface area contributed by atoms with E-state index in [9.17, 15) is 15.0 Å². The van der Waals surface area contributed by atoms with Crippen LogP contribution >= 0.6 is 0 Å². The molecule has 0 amide bonds. The van der Waals surface area contributed by atoms with Crippen LogP contribution in [0.25, 0.3) is 10.9 Å². The largest absolute Gasteiger partial charge is 0.504 e. The number of carboxylic acids is 1. The van der Waals surface area contributed by atoms with Gasteiger partial charge in [0, 0.05) is 17.4 Å². The van der Waals surface area contributed by atoms with Gasteiger partial charge >= 0.3 is 5.97 Å². The summed E-state index contributed by atoms with van der Waals surface area (Å²) in [6.45, 7) is 2.95. The molecule has 5 nitrogen and oxygen atoms in total. The van der Waals surface area contributed by atoms with Crippen LogP contribution in [0.3, 0.4) is 0 Å². The molecule has 1 heterocycles. The quantitative estimate of drug-likeness (QED) is 0.754. The zero-order chi connectivity index (χ0) is 16.4. The Morgan fingerprint density at radius 1 is 1.17 bits per heavy atom. The molecule has 2 N–H and O–H groups in total. The summed E-state index contributed by atoms with van der Waals surface area (Å²) in [7, 11) is 0. The number of aryl methyl sites for hydroxylation is 1. The average molecular weight is 311 g/mol. The van der Waals surface area contributed by atoms with E-state index in [1.807, 2.05) is 23.6 Å². The summed E-state index contributed by atoms with van der Waals surface area (Å²) in [6, 6.07) is 13.8. The molecule has 0 atom stereocenters. The summed E-state index contributed by atoms with van der Waals surface area (Å²) >= 11 is 0. The SMILES string of the molecule is CCn1c(COc2ccccc2O)cc2c(C(=O)O)cccc21. The highest BCUT2D eigenvalue weighted by molar-refractivity contribution is 6.03. The van der Waals surface area contributed by atoms with Gasteiger partial charge in [0.2, 0.25) is 0 Å². The van der Waals surface area contributed by atoms with Crippen molar-refractivity contribution in [1.82, 2.24) is 4.57 Å². The number of phenolic OH excluding ortho intramolecular Hbond substituents is 1. The Labute approximate surface area is 133 Å². The molecule has 2 aromatic carbocycles. The molecule has 0 unspecified atom stereocenters. The first-order valence-corrected chi connectivity index (χ1v) is 7.37. The average Bonchev–Trinajstić information content (AvgIpc) is 2.91. The second-order valence-corrected chi connectivity index (χ2v) is 5.18. The number of hydrogen-bond acceptors (Lipinski definition) is 3. The van der Waals surface area contributed by atoms with Crippen LogP contribution in [-0.4, -0.2) is 20.7 Å². The fourth-order valence-electron chi connectivity index (χ4n) is 2.75. The highest BCUT2D eigenvalue weighted by Crippen LogP contribution is 2.28. The Kier molecular flexibility index (Phi) is 3.93. The number of fused-ring (bicyclic) bond motifs is 1. The van der Waals surface area contributed by atoms with E-state index in [1.165, 1.54) is 0 Å². The van der Waals surface area contributed by atoms with E-state index in [4.69, 9.17) is 4.74 Å². The normalized spacial score (nSPS) is 10.8. The fourth-order valence-corrected chi connectivity index (χ4v) is 2.75. The molecule has 0 saturated carbocycles. The van der Waals surface area contributed by atoms with Crippen LogP contribution in [0.2, 0.25) is 0 Å². The molecule has 0 fully saturated rings. The van der Waals surface area contributed by atoms with Crippen molar-refractivity contribution in [3.05, 3.63) is 59.8 Å². The summed E-state index contributed by atoms with van der Waals surface area (Å²) in [6.07, 6.45) is 0. The Balaban J connectivity index is 1.99. The minimum Gasteiger partial charge on any atom is -0.504 e. The number of hydrogen-bond donors (Lipinski definition) is 2. The number of para-hydroxylation sites is 2. The number of aromatic carboxylic acids is 1. The highest BCUT2D eigenvalue weighted by atomic mass is 16.5. The standard InChI is InChI=1S/C18H17NO4/c1-2-19-12(11-23-17-9-4-3-8-16(17)20)10-14-13(18(21)22)6-5-7-15(14)19/h3-10,20H,2,11H2,1H3,(H,21,22). The van der Waals surface area contributed by atoms with Crippen LogP contribution in [0.5, 0.6) is 11.5 Å². The lowest BCUT2D eigenvalue weighted by atomic mass is 10.1. The van der Waals surface area contributed by atoms with E-state index in [0.717, 1.165) is 11.2 Å². The second-order valence-electron chi connectivity index (χ2n) is 5.18. The lowest BCUT2D eigenvalue weighted by molar-refractivity contribution is 0.0699. The zero-order valence-electron chi connectivity index (χ0n) is 12.7. The van der Waals surface area contributed by atoms with Crippen molar-refractivity contribution in [3.63, 3.8) is 0 Å². The Morgan fingerprint density at radius 3 is 2.65 bits per heavy atom. The number of rotatable bonds is 5. The molecule has 0 radical (unpaired) electrons. The molecule has 0 bridgehead atoms. The van der Waals surface area contributed by atoms with Gasteiger partial charge < -0.3 is 19.5 Å². The minimum absolute atomic E-state index is 0.0814. The third-order valence-corrected chi connectivity index (χ3v) is 3.82. The maximum atomic E-state index is 11.4. The van der Waals surface area contributed by atoms with Gasteiger partial charge in [-0.3, -0.25) is 0 Å². The molecule has 5 heteroatoms. The van der Waals surface area contributed by atoms with E-state index in [0.29, 0.717) is 17.7 Å². The molecule has 0 aliphatic heterocycles. The van der Waals surface area contributed by atoms with E-state index in [1.54, 1.807) is 36.4 Å². The van der Waals surface area contributed by atoms with Crippen LogP contribution in [0, 0.1) is 0 Å². The van der Waals surface area contributed by atoms with Gasteiger partial charge in [0.15, 0.2) is 11.5 Å². The number of ether oxygens (including phenoxy) is 1. The summed E-state index contributed by atoms with van der Waals surface area (Å²) < 4.78 is 7.69. The molecular formula is C18H17NO4. The number of benzene rings is 2. The molecule has 0 aliphatic rings. The van der Waals surface area contributed by atoms with E-state index in [-0.39, 0.29) is 17.9 Å². The van der Waals surface area contributed by atoms with Gasteiger partial charge in [-0.05, 0) is 37.3 Å². The van der Waals surface area contributed by atoms with E-state index < -0.39 is 5.97 Å². The first-order valence-electron chi connectivity index (χ1n) is 7.37. The predicted octanol–water partition coefficient (Wildman–Crippen LogP) is 3.64. The molecule has 118 valence electrons. The first kappa shape index (κ1) is 15.0. The van der Waals surface area contributed by atoms with Crippen molar-refractivity contribution in [3.8, 4) is 11.5 Å². The number of aromatic nitrogens is 1. The molecule has 0 aliphatic carbocycles. The Morgan fingerprint density at radius 2 is 1.96 bits per heavy atom. The number of carbonyl (C=O) groups is 1. The van der Waals surface area contributed by atoms with Gasteiger partial charge in [-0.15, -0.1) is 0 Å². The number of carboxylic acid groups (broad SMARTS) is 1. The van der Waals surface area contributed by atoms with Crippen molar-refractivity contribution in [2.45, 2.75) is 20.1 Å². The first-order chi connectivity index (χ1) is 11.1. The molecule has 0 saturated heterocycles. The van der Waals surface area contributed by atoms with Gasteiger partial charge in [0.25, 0.3) is 0 Å². The van der Waals surface area contributed by atoms with Crippen molar-refractivity contribution >= 4 is 16.9 Å².